The van der Waals surface area contributed by atoms with Crippen LogP contribution in [0.1, 0.15) is 11.1 Å². The summed E-state index contributed by atoms with van der Waals surface area (Å²) in [5, 5.41) is 3.75. The molecular formula is C15H14Cl2N2O. The van der Waals surface area contributed by atoms with E-state index in [-0.39, 0.29) is 12.3 Å². The first-order valence-electron chi connectivity index (χ1n) is 6.05. The molecule has 0 aromatic heterocycles. The number of benzene rings is 2. The van der Waals surface area contributed by atoms with E-state index in [1.165, 1.54) is 0 Å². The molecule has 1 amide bonds. The number of carbonyl (C=O) groups excluding carboxylic acids is 1. The van der Waals surface area contributed by atoms with Crippen molar-refractivity contribution in [1.82, 2.24) is 0 Å². The van der Waals surface area contributed by atoms with Gasteiger partial charge in [0, 0.05) is 11.4 Å². The van der Waals surface area contributed by atoms with Crippen LogP contribution in [0.3, 0.4) is 0 Å². The second kappa shape index (κ2) is 6.16. The second-order valence-electron chi connectivity index (χ2n) is 4.55. The number of anilines is 2. The van der Waals surface area contributed by atoms with E-state index in [1.54, 1.807) is 30.3 Å². The third-order valence-corrected chi connectivity index (χ3v) is 3.62. The zero-order chi connectivity index (χ0) is 14.7. The van der Waals surface area contributed by atoms with Crippen LogP contribution in [-0.2, 0) is 11.2 Å². The minimum atomic E-state index is -0.128. The number of halogens is 2. The van der Waals surface area contributed by atoms with Crippen molar-refractivity contribution in [3.8, 4) is 0 Å². The number of nitrogen functional groups attached to an aromatic ring is 1. The summed E-state index contributed by atoms with van der Waals surface area (Å²) in [6.45, 7) is 1.91. The van der Waals surface area contributed by atoms with E-state index in [4.69, 9.17) is 28.9 Å². The summed E-state index contributed by atoms with van der Waals surface area (Å²) in [6.07, 6.45) is 0.227. The maximum Gasteiger partial charge on any atom is 0.228 e. The van der Waals surface area contributed by atoms with Gasteiger partial charge in [0.2, 0.25) is 5.91 Å². The monoisotopic (exact) mass is 308 g/mol. The third kappa shape index (κ3) is 3.65. The van der Waals surface area contributed by atoms with Crippen LogP contribution >= 0.6 is 23.2 Å². The molecule has 104 valence electrons. The second-order valence-corrected chi connectivity index (χ2v) is 5.36. The Morgan fingerprint density at radius 3 is 2.60 bits per heavy atom. The number of amides is 1. The van der Waals surface area contributed by atoms with Crippen LogP contribution in [0.2, 0.25) is 10.0 Å². The molecule has 0 radical (unpaired) electrons. The fraction of sp³-hybridized carbons (Fsp3) is 0.133. The zero-order valence-corrected chi connectivity index (χ0v) is 12.4. The van der Waals surface area contributed by atoms with Crippen LogP contribution in [-0.4, -0.2) is 5.91 Å². The smallest absolute Gasteiger partial charge is 0.228 e. The standard InChI is InChI=1S/C15H14Cl2N2O/c1-9-2-4-11(18)8-14(9)19-15(20)7-10-3-5-12(16)13(17)6-10/h2-6,8H,7,18H2,1H3,(H,19,20). The normalized spacial score (nSPS) is 10.3. The Bertz CT molecular complexity index is 656. The Hall–Kier alpha value is -1.71. The lowest BCUT2D eigenvalue weighted by Crippen LogP contribution is -2.15. The first-order chi connectivity index (χ1) is 9.45. The van der Waals surface area contributed by atoms with Gasteiger partial charge in [-0.1, -0.05) is 35.3 Å². The van der Waals surface area contributed by atoms with Crippen LogP contribution in [0, 0.1) is 6.92 Å². The number of nitrogens with one attached hydrogen (secondary N) is 1. The molecule has 3 nitrogen and oxygen atoms in total. The summed E-state index contributed by atoms with van der Waals surface area (Å²) in [5.74, 6) is -0.128. The lowest BCUT2D eigenvalue weighted by Gasteiger charge is -2.09. The lowest BCUT2D eigenvalue weighted by atomic mass is 10.1. The van der Waals surface area contributed by atoms with Crippen LogP contribution in [0.4, 0.5) is 11.4 Å². The molecule has 2 aromatic rings. The number of aryl methyl sites for hydroxylation is 1. The maximum atomic E-state index is 12.0. The van der Waals surface area contributed by atoms with Gasteiger partial charge in [-0.3, -0.25) is 4.79 Å². The van der Waals surface area contributed by atoms with Crippen molar-refractivity contribution in [2.45, 2.75) is 13.3 Å². The highest BCUT2D eigenvalue weighted by molar-refractivity contribution is 6.42. The minimum Gasteiger partial charge on any atom is -0.399 e. The van der Waals surface area contributed by atoms with E-state index in [0.29, 0.717) is 15.7 Å². The quantitative estimate of drug-likeness (QED) is 0.840. The molecule has 0 spiro atoms. The molecule has 0 aliphatic carbocycles. The third-order valence-electron chi connectivity index (χ3n) is 2.88. The molecular weight excluding hydrogens is 295 g/mol. The first-order valence-corrected chi connectivity index (χ1v) is 6.81. The summed E-state index contributed by atoms with van der Waals surface area (Å²) >= 11 is 11.8. The number of hydrogen-bond acceptors (Lipinski definition) is 2. The van der Waals surface area contributed by atoms with Crippen LogP contribution in [0.5, 0.6) is 0 Å². The molecule has 3 N–H and O–H groups in total. The van der Waals surface area contributed by atoms with Crippen molar-refractivity contribution in [3.05, 3.63) is 57.6 Å². The predicted molar refractivity (Wildman–Crippen MR) is 84.4 cm³/mol. The molecule has 0 aliphatic heterocycles. The van der Waals surface area contributed by atoms with Crippen LogP contribution in [0.15, 0.2) is 36.4 Å². The van der Waals surface area contributed by atoms with Gasteiger partial charge in [-0.15, -0.1) is 0 Å². The molecule has 0 heterocycles. The van der Waals surface area contributed by atoms with Gasteiger partial charge in [0.1, 0.15) is 0 Å². The summed E-state index contributed by atoms with van der Waals surface area (Å²) < 4.78 is 0. The average Bonchev–Trinajstić information content (AvgIpc) is 2.38. The van der Waals surface area contributed by atoms with E-state index in [0.717, 1.165) is 16.8 Å². The lowest BCUT2D eigenvalue weighted by molar-refractivity contribution is -0.115. The van der Waals surface area contributed by atoms with Gasteiger partial charge in [-0.2, -0.15) is 0 Å². The van der Waals surface area contributed by atoms with E-state index in [1.807, 2.05) is 13.0 Å². The Morgan fingerprint density at radius 1 is 1.15 bits per heavy atom. The van der Waals surface area contributed by atoms with Gasteiger partial charge < -0.3 is 11.1 Å². The predicted octanol–water partition coefficient (Wildman–Crippen LogP) is 4.07. The van der Waals surface area contributed by atoms with E-state index < -0.39 is 0 Å². The fourth-order valence-electron chi connectivity index (χ4n) is 1.80. The van der Waals surface area contributed by atoms with Gasteiger partial charge in [0.15, 0.2) is 0 Å². The highest BCUT2D eigenvalue weighted by atomic mass is 35.5. The Morgan fingerprint density at radius 2 is 1.90 bits per heavy atom. The van der Waals surface area contributed by atoms with Gasteiger partial charge in [0.05, 0.1) is 16.5 Å². The van der Waals surface area contributed by atoms with Crippen molar-refractivity contribution in [2.24, 2.45) is 0 Å². The summed E-state index contributed by atoms with van der Waals surface area (Å²) in [7, 11) is 0. The molecule has 0 saturated carbocycles. The molecule has 5 heteroatoms. The number of hydrogen-bond donors (Lipinski definition) is 2. The van der Waals surface area contributed by atoms with Crippen molar-refractivity contribution in [1.29, 1.82) is 0 Å². The molecule has 0 bridgehead atoms. The van der Waals surface area contributed by atoms with E-state index in [2.05, 4.69) is 5.32 Å². The van der Waals surface area contributed by atoms with Crippen LogP contribution < -0.4 is 11.1 Å². The van der Waals surface area contributed by atoms with E-state index in [9.17, 15) is 4.79 Å². The molecule has 0 atom stereocenters. The van der Waals surface area contributed by atoms with Gasteiger partial charge in [-0.05, 0) is 42.3 Å². The van der Waals surface area contributed by atoms with Crippen molar-refractivity contribution < 1.29 is 4.79 Å². The average molecular weight is 309 g/mol. The molecule has 0 saturated heterocycles. The summed E-state index contributed by atoms with van der Waals surface area (Å²) in [6, 6.07) is 10.5. The largest absolute Gasteiger partial charge is 0.399 e. The van der Waals surface area contributed by atoms with Gasteiger partial charge in [0.25, 0.3) is 0 Å². The Kier molecular flexibility index (Phi) is 4.53. The van der Waals surface area contributed by atoms with E-state index >= 15 is 0 Å². The van der Waals surface area contributed by atoms with Crippen LogP contribution in [0.25, 0.3) is 0 Å². The summed E-state index contributed by atoms with van der Waals surface area (Å²) in [5.41, 5.74) is 8.80. The van der Waals surface area contributed by atoms with Gasteiger partial charge >= 0.3 is 0 Å². The Balaban J connectivity index is 2.09. The molecule has 2 aromatic carbocycles. The topological polar surface area (TPSA) is 55.1 Å². The molecule has 2 rings (SSSR count). The highest BCUT2D eigenvalue weighted by Gasteiger charge is 2.08. The summed E-state index contributed by atoms with van der Waals surface area (Å²) in [4.78, 5) is 12.0. The SMILES string of the molecule is Cc1ccc(N)cc1NC(=O)Cc1ccc(Cl)c(Cl)c1. The fourth-order valence-corrected chi connectivity index (χ4v) is 2.12. The Labute approximate surface area is 127 Å². The molecule has 20 heavy (non-hydrogen) atoms. The number of nitrogens with two attached hydrogens (primary N) is 1. The van der Waals surface area contributed by atoms with Crippen molar-refractivity contribution in [2.75, 3.05) is 11.1 Å². The molecule has 0 aliphatic rings. The first kappa shape index (κ1) is 14.7. The van der Waals surface area contributed by atoms with Crippen molar-refractivity contribution >= 4 is 40.5 Å². The minimum absolute atomic E-state index is 0.128. The number of rotatable bonds is 3. The zero-order valence-electron chi connectivity index (χ0n) is 10.9. The van der Waals surface area contributed by atoms with Crippen molar-refractivity contribution in [3.63, 3.8) is 0 Å². The highest BCUT2D eigenvalue weighted by Crippen LogP contribution is 2.23. The number of carbonyl (C=O) groups is 1. The molecule has 0 unspecified atom stereocenters. The van der Waals surface area contributed by atoms with Gasteiger partial charge in [-0.25, -0.2) is 0 Å². The maximum absolute atomic E-state index is 12.0. The molecule has 0 fully saturated rings.